The predicted molar refractivity (Wildman–Crippen MR) is 282 cm³/mol. The Morgan fingerprint density at radius 3 is 2.27 bits per heavy atom. The SMILES string of the molecule is CCCCCCN(C(=O)[C@@H](NC(=O)[C@H]1CCCCN1C)[C@@H](C)CC)[C@H](C[C@@H](OC(C)=O)c1nc(C(=O)N[C@@H](Cc2ccc(NCC(=O)NCCOCCOCCN[I-]C)cc2)CC(C)(C)C(=O)O)cs1)C(C)C. The van der Waals surface area contributed by atoms with E-state index in [0.29, 0.717) is 63.1 Å². The van der Waals surface area contributed by atoms with E-state index in [2.05, 4.69) is 41.6 Å². The van der Waals surface area contributed by atoms with E-state index in [9.17, 15) is 33.9 Å². The Bertz CT molecular complexity index is 1990. The van der Waals surface area contributed by atoms with Crippen LogP contribution in [-0.2, 0) is 44.6 Å². The molecule has 4 amide bonds. The first kappa shape index (κ1) is 63.3. The number of nitrogens with zero attached hydrogens (tertiary/aromatic N) is 3. The number of aliphatic carboxylic acids is 1. The van der Waals surface area contributed by atoms with Crippen LogP contribution in [0.15, 0.2) is 29.6 Å². The number of benzene rings is 1. The molecule has 2 heterocycles. The first-order valence-corrected chi connectivity index (χ1v) is 30.4. The largest absolute Gasteiger partial charge is 0.481 e. The molecule has 1 aliphatic heterocycles. The first-order chi connectivity index (χ1) is 34.8. The van der Waals surface area contributed by atoms with Crippen molar-refractivity contribution in [2.45, 2.75) is 156 Å². The molecule has 1 aromatic heterocycles. The molecule has 0 radical (unpaired) electrons. The number of carbonyl (C=O) groups excluding carboxylic acids is 5. The van der Waals surface area contributed by atoms with Gasteiger partial charge in [0, 0.05) is 43.0 Å². The average Bonchev–Trinajstić information content (AvgIpc) is 3.85. The molecule has 0 unspecified atom stereocenters. The second-order valence-corrected chi connectivity index (χ2v) is 22.9. The maximum Gasteiger partial charge on any atom is 0.309 e. The summed E-state index contributed by atoms with van der Waals surface area (Å²) in [6.45, 7) is 19.3. The van der Waals surface area contributed by atoms with Gasteiger partial charge in [0.05, 0.1) is 11.5 Å². The van der Waals surface area contributed by atoms with Gasteiger partial charge in [-0.15, -0.1) is 11.3 Å². The summed E-state index contributed by atoms with van der Waals surface area (Å²) in [4.78, 5) is 91.2. The van der Waals surface area contributed by atoms with Crippen molar-refractivity contribution >= 4 is 52.6 Å². The summed E-state index contributed by atoms with van der Waals surface area (Å²) in [6, 6.07) is 5.31. The van der Waals surface area contributed by atoms with Crippen molar-refractivity contribution in [3.63, 3.8) is 0 Å². The Morgan fingerprint density at radius 2 is 1.66 bits per heavy atom. The number of hydrogen-bond donors (Lipinski definition) is 6. The number of aromatic nitrogens is 1. The van der Waals surface area contributed by atoms with Crippen molar-refractivity contribution in [3.8, 4) is 0 Å². The van der Waals surface area contributed by atoms with Crippen molar-refractivity contribution in [2.75, 3.05) is 76.4 Å². The van der Waals surface area contributed by atoms with Gasteiger partial charge in [-0.25, -0.2) is 4.98 Å². The third-order valence-electron chi connectivity index (χ3n) is 13.3. The summed E-state index contributed by atoms with van der Waals surface area (Å²) in [6.07, 6.45) is 6.88. The topological polar surface area (TPSA) is 230 Å². The van der Waals surface area contributed by atoms with E-state index in [1.807, 2.05) is 63.9 Å². The number of hydrogen-bond acceptors (Lipinski definition) is 14. The Hall–Kier alpha value is -3.96. The summed E-state index contributed by atoms with van der Waals surface area (Å²) in [7, 11) is 1.96. The van der Waals surface area contributed by atoms with Crippen LogP contribution in [0, 0.1) is 17.3 Å². The van der Waals surface area contributed by atoms with Crippen LogP contribution in [0.4, 0.5) is 5.69 Å². The minimum atomic E-state index is -1.18. The van der Waals surface area contributed by atoms with Gasteiger partial charge in [0.2, 0.25) is 11.8 Å². The number of carbonyl (C=O) groups is 6. The summed E-state index contributed by atoms with van der Waals surface area (Å²) in [5.41, 5.74) is 0.459. The molecular formula is C53H88IN8O10S-. The molecule has 0 aliphatic carbocycles. The van der Waals surface area contributed by atoms with Crippen molar-refractivity contribution in [2.24, 2.45) is 17.3 Å². The van der Waals surface area contributed by atoms with Crippen LogP contribution in [-0.4, -0.2) is 151 Å². The standard InChI is InChI=1S/C53H88IN8O10S/c1-11-13-14-16-26-62(51(67)47(37(5)12-2)60-49(66)43-18-15-17-25-61(43)10)44(36(3)4)32-45(72-38(6)63)50-59-42(35-73-50)48(65)58-41(33-53(7,8)52(68)69)31-39-19-21-40(22-20-39)56-34-46(64)55-23-27-70-29-30-71-28-24-57-54-9/h19-22,35-37,41,43-45,47,56-57H,11-18,23-34H2,1-10H3,(H,55,64)(H,58,65)(H,60,66)(H,68,69)/q-1/t37-,41-,43+,44+,45+,47-/m0/s1. The number of carboxylic acids is 1. The molecule has 0 bridgehead atoms. The maximum absolute atomic E-state index is 15.0. The van der Waals surface area contributed by atoms with E-state index in [1.165, 1.54) is 18.3 Å². The van der Waals surface area contributed by atoms with Gasteiger partial charge in [0.1, 0.15) is 16.7 Å². The van der Waals surface area contributed by atoms with E-state index < -0.39 is 47.5 Å². The zero-order valence-electron chi connectivity index (χ0n) is 45.3. The molecular weight excluding hydrogens is 1070 g/mol. The molecule has 18 nitrogen and oxygen atoms in total. The van der Waals surface area contributed by atoms with Gasteiger partial charge in [-0.1, -0.05) is 78.9 Å². The quantitative estimate of drug-likeness (QED) is 0.0190. The number of thiazole rings is 1. The Morgan fingerprint density at radius 1 is 0.959 bits per heavy atom. The van der Waals surface area contributed by atoms with Crippen LogP contribution in [0.2, 0.25) is 0 Å². The number of piperidine rings is 1. The number of amides is 4. The van der Waals surface area contributed by atoms with Crippen LogP contribution in [0.25, 0.3) is 0 Å². The fourth-order valence-electron chi connectivity index (χ4n) is 8.80. The van der Waals surface area contributed by atoms with E-state index in [0.717, 1.165) is 63.6 Å². The van der Waals surface area contributed by atoms with Gasteiger partial charge in [-0.2, -0.15) is 0 Å². The van der Waals surface area contributed by atoms with Crippen molar-refractivity contribution in [1.82, 2.24) is 34.3 Å². The van der Waals surface area contributed by atoms with E-state index in [1.54, 1.807) is 19.2 Å². The molecule has 0 spiro atoms. The van der Waals surface area contributed by atoms with Crippen molar-refractivity contribution in [3.05, 3.63) is 45.9 Å². The molecule has 1 aromatic carbocycles. The molecule has 20 heteroatoms. The third-order valence-corrected chi connectivity index (χ3v) is 15.6. The molecule has 1 aliphatic rings. The number of alkyl halides is 1. The molecule has 73 heavy (non-hydrogen) atoms. The number of nitrogens with one attached hydrogen (secondary N) is 5. The van der Waals surface area contributed by atoms with Gasteiger partial charge in [-0.05, 0) is 89.1 Å². The van der Waals surface area contributed by atoms with Crippen LogP contribution in [0.3, 0.4) is 0 Å². The second-order valence-electron chi connectivity index (χ2n) is 20.1. The number of anilines is 1. The number of rotatable bonds is 36. The molecule has 3 rings (SSSR count). The molecule has 6 N–H and O–H groups in total. The fraction of sp³-hybridized carbons (Fsp3) is 0.717. The Kier molecular flexibility index (Phi) is 29.4. The Balaban J connectivity index is 1.77. The number of unbranched alkanes of at least 4 members (excludes halogenated alkanes) is 3. The number of ether oxygens (including phenoxy) is 3. The van der Waals surface area contributed by atoms with Crippen molar-refractivity contribution < 1.29 is 69.6 Å². The van der Waals surface area contributed by atoms with Crippen LogP contribution in [0.5, 0.6) is 0 Å². The summed E-state index contributed by atoms with van der Waals surface area (Å²) in [5.74, 6) is -2.76. The second kappa shape index (κ2) is 33.9. The van der Waals surface area contributed by atoms with Gasteiger partial charge >= 0.3 is 113 Å². The number of carboxylic acid groups (broad SMARTS) is 1. The van der Waals surface area contributed by atoms with Gasteiger partial charge in [-0.3, -0.25) is 28.9 Å². The third kappa shape index (κ3) is 22.8. The number of halogens is 1. The molecule has 414 valence electrons. The molecule has 1 saturated heterocycles. The minimum absolute atomic E-state index is 0.0514. The van der Waals surface area contributed by atoms with Crippen LogP contribution < -0.4 is 46.3 Å². The zero-order chi connectivity index (χ0) is 53.9. The van der Waals surface area contributed by atoms with Crippen molar-refractivity contribution in [1.29, 1.82) is 0 Å². The van der Waals surface area contributed by atoms with Crippen LogP contribution >= 0.6 is 11.3 Å². The summed E-state index contributed by atoms with van der Waals surface area (Å²) in [5, 5.41) is 24.2. The Labute approximate surface area is 450 Å². The summed E-state index contributed by atoms with van der Waals surface area (Å²) >= 11 is 1.23. The minimum Gasteiger partial charge on any atom is -0.481 e. The number of likely N-dealkylation sites (tertiary alicyclic amines) is 1. The molecule has 2 aromatic rings. The van der Waals surface area contributed by atoms with E-state index >= 15 is 0 Å². The van der Waals surface area contributed by atoms with Gasteiger partial charge in [0.25, 0.3) is 5.91 Å². The zero-order valence-corrected chi connectivity index (χ0v) is 48.3. The fourth-order valence-corrected chi connectivity index (χ4v) is 10.4. The normalized spacial score (nSPS) is 16.2. The average molecular weight is 1160 g/mol. The smallest absolute Gasteiger partial charge is 0.309 e. The monoisotopic (exact) mass is 1160 g/mol. The number of likely N-dealkylation sites (N-methyl/N-ethyl adjacent to an activating group) is 1. The molecule has 1 fully saturated rings. The van der Waals surface area contributed by atoms with E-state index in [4.69, 9.17) is 19.2 Å². The van der Waals surface area contributed by atoms with Crippen LogP contribution in [0.1, 0.15) is 147 Å². The molecule has 6 atom stereocenters. The maximum atomic E-state index is 15.0. The van der Waals surface area contributed by atoms with Gasteiger partial charge in [0.15, 0.2) is 6.10 Å². The first-order valence-electron chi connectivity index (χ1n) is 26.3. The van der Waals surface area contributed by atoms with E-state index in [-0.39, 0.29) is 82.2 Å². The summed E-state index contributed by atoms with van der Waals surface area (Å²) < 4.78 is 20.3. The number of esters is 1. The predicted octanol–water partition coefficient (Wildman–Crippen LogP) is 3.21. The van der Waals surface area contributed by atoms with Gasteiger partial charge < -0.3 is 30.7 Å². The molecule has 0 saturated carbocycles.